The van der Waals surface area contributed by atoms with Crippen molar-refractivity contribution in [1.29, 1.82) is 10.5 Å². The molecule has 0 saturated heterocycles. The number of hydrogen-bond acceptors (Lipinski definition) is 4. The van der Waals surface area contributed by atoms with Crippen LogP contribution in [0.15, 0.2) is 48.5 Å². The van der Waals surface area contributed by atoms with Gasteiger partial charge in [0, 0.05) is 10.8 Å². The van der Waals surface area contributed by atoms with Crippen LogP contribution < -0.4 is 9.47 Å². The Morgan fingerprint density at radius 3 is 1.23 bits per heavy atom. The van der Waals surface area contributed by atoms with E-state index in [0.717, 1.165) is 22.3 Å². The highest BCUT2D eigenvalue weighted by Gasteiger charge is 2.14. The van der Waals surface area contributed by atoms with Crippen molar-refractivity contribution in [1.82, 2.24) is 0 Å². The summed E-state index contributed by atoms with van der Waals surface area (Å²) >= 11 is 0. The Hall–Kier alpha value is -3.24. The fraction of sp³-hybridized carbons (Fsp3) is 0.111. The molecule has 0 aliphatic rings. The van der Waals surface area contributed by atoms with Crippen LogP contribution in [0.5, 0.6) is 11.5 Å². The van der Waals surface area contributed by atoms with Crippen molar-refractivity contribution in [2.45, 2.75) is 0 Å². The van der Waals surface area contributed by atoms with Gasteiger partial charge in [-0.3, -0.25) is 0 Å². The monoisotopic (exact) mass is 290 g/mol. The average Bonchev–Trinajstić information content (AvgIpc) is 2.60. The van der Waals surface area contributed by atoms with E-state index in [-0.39, 0.29) is 0 Å². The van der Waals surface area contributed by atoms with E-state index in [9.17, 15) is 0 Å². The van der Waals surface area contributed by atoms with E-state index in [4.69, 9.17) is 20.0 Å². The van der Waals surface area contributed by atoms with E-state index in [2.05, 4.69) is 24.3 Å². The standard InChI is InChI=1S/C16H14O2.C2N2/c1-17-15-13-9-5-3-7-11(13)12-8-4-6-10-14(12)16(15)18-2;3-1-2-4/h3-10H,1-2H3;. The maximum Gasteiger partial charge on any atom is 0.181 e. The molecule has 0 aliphatic carbocycles. The van der Waals surface area contributed by atoms with Crippen LogP contribution in [0.1, 0.15) is 0 Å². The SMILES string of the molecule is COc1c(OC)c2ccccc2c2ccccc12.N#CC#N. The van der Waals surface area contributed by atoms with Crippen molar-refractivity contribution in [2.75, 3.05) is 14.2 Å². The van der Waals surface area contributed by atoms with Crippen LogP contribution in [0, 0.1) is 22.7 Å². The van der Waals surface area contributed by atoms with Gasteiger partial charge in [0.15, 0.2) is 23.6 Å². The third-order valence-corrected chi connectivity index (χ3v) is 3.30. The first-order valence-electron chi connectivity index (χ1n) is 6.58. The van der Waals surface area contributed by atoms with E-state index in [1.807, 2.05) is 24.3 Å². The largest absolute Gasteiger partial charge is 0.492 e. The molecule has 0 amide bonds. The fourth-order valence-electron chi connectivity index (χ4n) is 2.48. The molecule has 0 aromatic heterocycles. The number of benzene rings is 3. The Labute approximate surface area is 128 Å². The minimum atomic E-state index is 0.798. The Balaban J connectivity index is 0.000000396. The Bertz CT molecular complexity index is 814. The zero-order chi connectivity index (χ0) is 15.9. The summed E-state index contributed by atoms with van der Waals surface area (Å²) in [5.41, 5.74) is 0. The van der Waals surface area contributed by atoms with Gasteiger partial charge >= 0.3 is 0 Å². The zero-order valence-electron chi connectivity index (χ0n) is 12.3. The lowest BCUT2D eigenvalue weighted by Gasteiger charge is -2.14. The van der Waals surface area contributed by atoms with Crippen molar-refractivity contribution in [2.24, 2.45) is 0 Å². The van der Waals surface area contributed by atoms with Crippen molar-refractivity contribution >= 4 is 21.5 Å². The molecule has 0 unspecified atom stereocenters. The van der Waals surface area contributed by atoms with Gasteiger partial charge in [-0.15, -0.1) is 0 Å². The minimum Gasteiger partial charge on any atom is -0.492 e. The average molecular weight is 290 g/mol. The lowest BCUT2D eigenvalue weighted by molar-refractivity contribution is 0.362. The predicted octanol–water partition coefficient (Wildman–Crippen LogP) is 4.04. The highest BCUT2D eigenvalue weighted by molar-refractivity contribution is 6.13. The lowest BCUT2D eigenvalue weighted by atomic mass is 10.00. The van der Waals surface area contributed by atoms with Crippen LogP contribution in [0.2, 0.25) is 0 Å². The van der Waals surface area contributed by atoms with Gasteiger partial charge in [-0.2, -0.15) is 10.5 Å². The van der Waals surface area contributed by atoms with Crippen LogP contribution in [0.25, 0.3) is 21.5 Å². The fourth-order valence-corrected chi connectivity index (χ4v) is 2.48. The number of rotatable bonds is 2. The molecule has 4 nitrogen and oxygen atoms in total. The van der Waals surface area contributed by atoms with Gasteiger partial charge in [0.25, 0.3) is 0 Å². The highest BCUT2D eigenvalue weighted by atomic mass is 16.5. The number of ether oxygens (including phenoxy) is 2. The van der Waals surface area contributed by atoms with Crippen LogP contribution in [-0.2, 0) is 0 Å². The molecule has 108 valence electrons. The molecule has 0 saturated carbocycles. The molecular weight excluding hydrogens is 276 g/mol. The summed E-state index contributed by atoms with van der Waals surface area (Å²) in [7, 11) is 3.36. The topological polar surface area (TPSA) is 66.0 Å². The van der Waals surface area contributed by atoms with E-state index in [1.54, 1.807) is 14.2 Å². The first-order valence-corrected chi connectivity index (χ1v) is 6.58. The molecule has 0 radical (unpaired) electrons. The molecule has 3 aromatic rings. The van der Waals surface area contributed by atoms with Crippen molar-refractivity contribution in [3.05, 3.63) is 48.5 Å². The van der Waals surface area contributed by atoms with Crippen LogP contribution >= 0.6 is 0 Å². The van der Waals surface area contributed by atoms with E-state index in [1.165, 1.54) is 22.9 Å². The second kappa shape index (κ2) is 6.97. The summed E-state index contributed by atoms with van der Waals surface area (Å²) in [5, 5.41) is 19.1. The maximum absolute atomic E-state index is 7.26. The third-order valence-electron chi connectivity index (χ3n) is 3.30. The molecule has 3 rings (SSSR count). The van der Waals surface area contributed by atoms with Gasteiger partial charge in [-0.25, -0.2) is 0 Å². The zero-order valence-corrected chi connectivity index (χ0v) is 12.3. The molecule has 0 aliphatic heterocycles. The molecule has 0 heterocycles. The quantitative estimate of drug-likeness (QED) is 0.668. The first-order chi connectivity index (χ1) is 10.8. The lowest BCUT2D eigenvalue weighted by Crippen LogP contribution is -1.93. The van der Waals surface area contributed by atoms with Gasteiger partial charge in [-0.1, -0.05) is 48.5 Å². The molecule has 0 N–H and O–H groups in total. The summed E-state index contributed by atoms with van der Waals surface area (Å²) < 4.78 is 11.1. The number of nitriles is 2. The summed E-state index contributed by atoms with van der Waals surface area (Å²) in [4.78, 5) is 0. The molecule has 0 spiro atoms. The number of methoxy groups -OCH3 is 2. The van der Waals surface area contributed by atoms with Crippen LogP contribution in [-0.4, -0.2) is 14.2 Å². The smallest absolute Gasteiger partial charge is 0.181 e. The first kappa shape index (κ1) is 15.2. The molecule has 4 heteroatoms. The maximum atomic E-state index is 7.26. The number of nitrogens with zero attached hydrogens (tertiary/aromatic N) is 2. The third kappa shape index (κ3) is 2.63. The van der Waals surface area contributed by atoms with E-state index in [0.29, 0.717) is 0 Å². The minimum absolute atomic E-state index is 0.798. The van der Waals surface area contributed by atoms with E-state index < -0.39 is 0 Å². The number of fused-ring (bicyclic) bond motifs is 3. The molecule has 0 fully saturated rings. The molecule has 0 atom stereocenters. The van der Waals surface area contributed by atoms with Crippen molar-refractivity contribution in [3.8, 4) is 23.6 Å². The van der Waals surface area contributed by atoms with Gasteiger partial charge < -0.3 is 9.47 Å². The normalized spacial score (nSPS) is 9.27. The summed E-state index contributed by atoms with van der Waals surface area (Å²) in [6.07, 6.45) is 0. The van der Waals surface area contributed by atoms with Gasteiger partial charge in [0.1, 0.15) is 0 Å². The van der Waals surface area contributed by atoms with Gasteiger partial charge in [0.05, 0.1) is 14.2 Å². The van der Waals surface area contributed by atoms with Crippen LogP contribution in [0.4, 0.5) is 0 Å². The number of hydrogen-bond donors (Lipinski definition) is 0. The molecule has 22 heavy (non-hydrogen) atoms. The summed E-state index contributed by atoms with van der Waals surface area (Å²) in [6, 6.07) is 18.9. The highest BCUT2D eigenvalue weighted by Crippen LogP contribution is 2.42. The molecule has 3 aromatic carbocycles. The summed E-state index contributed by atoms with van der Waals surface area (Å²) in [6.45, 7) is 0. The van der Waals surface area contributed by atoms with E-state index >= 15 is 0 Å². The molecular formula is C18H14N2O2. The van der Waals surface area contributed by atoms with Gasteiger partial charge in [-0.05, 0) is 10.8 Å². The predicted molar refractivity (Wildman–Crippen MR) is 85.8 cm³/mol. The van der Waals surface area contributed by atoms with Gasteiger partial charge in [0.2, 0.25) is 0 Å². The Morgan fingerprint density at radius 2 is 0.955 bits per heavy atom. The van der Waals surface area contributed by atoms with Crippen molar-refractivity contribution in [3.63, 3.8) is 0 Å². The summed E-state index contributed by atoms with van der Waals surface area (Å²) in [5.74, 6) is 1.60. The van der Waals surface area contributed by atoms with Crippen LogP contribution in [0.3, 0.4) is 0 Å². The second-order valence-corrected chi connectivity index (χ2v) is 4.38. The second-order valence-electron chi connectivity index (χ2n) is 4.38. The van der Waals surface area contributed by atoms with Crippen molar-refractivity contribution < 1.29 is 9.47 Å². The molecule has 0 bridgehead atoms. The Kier molecular flexibility index (Phi) is 4.80. The Morgan fingerprint density at radius 1 is 0.636 bits per heavy atom.